The summed E-state index contributed by atoms with van der Waals surface area (Å²) in [5.74, 6) is 0.648. The van der Waals surface area contributed by atoms with E-state index < -0.39 is 10.0 Å². The van der Waals surface area contributed by atoms with Gasteiger partial charge >= 0.3 is 0 Å². The first kappa shape index (κ1) is 18.7. The summed E-state index contributed by atoms with van der Waals surface area (Å²) in [6.07, 6.45) is 0. The van der Waals surface area contributed by atoms with E-state index in [0.29, 0.717) is 16.0 Å². The van der Waals surface area contributed by atoms with Gasteiger partial charge in [-0.25, -0.2) is 12.7 Å². The third-order valence-corrected chi connectivity index (χ3v) is 7.44. The number of hydrogen-bond acceptors (Lipinski definition) is 5. The fraction of sp³-hybridized carbons (Fsp3) is 0.150. The number of aromatic amines is 1. The van der Waals surface area contributed by atoms with Crippen LogP contribution < -0.4 is 10.3 Å². The van der Waals surface area contributed by atoms with Gasteiger partial charge in [0, 0.05) is 35.9 Å². The average molecular weight is 415 g/mol. The van der Waals surface area contributed by atoms with Gasteiger partial charge in [-0.15, -0.1) is 11.3 Å². The first-order chi connectivity index (χ1) is 13.3. The van der Waals surface area contributed by atoms with Crippen LogP contribution in [0.15, 0.2) is 57.5 Å². The first-order valence-electron chi connectivity index (χ1n) is 8.47. The lowest BCUT2D eigenvalue weighted by molar-refractivity contribution is 0.417. The minimum absolute atomic E-state index is 0.124. The highest BCUT2D eigenvalue weighted by Crippen LogP contribution is 2.40. The Labute approximate surface area is 166 Å². The van der Waals surface area contributed by atoms with E-state index in [1.165, 1.54) is 29.7 Å². The van der Waals surface area contributed by atoms with Crippen LogP contribution in [0.4, 0.5) is 0 Å². The summed E-state index contributed by atoms with van der Waals surface area (Å²) in [7, 11) is 1.08. The zero-order chi connectivity index (χ0) is 20.1. The lowest BCUT2D eigenvalue weighted by Gasteiger charge is -2.15. The number of pyridine rings is 1. The van der Waals surface area contributed by atoms with Crippen LogP contribution in [0.2, 0.25) is 0 Å². The fourth-order valence-corrected chi connectivity index (χ4v) is 4.99. The van der Waals surface area contributed by atoms with Crippen LogP contribution in [0, 0.1) is 0 Å². The molecule has 0 radical (unpaired) electrons. The lowest BCUT2D eigenvalue weighted by atomic mass is 9.97. The molecule has 2 aromatic carbocycles. The number of rotatable bonds is 4. The summed E-state index contributed by atoms with van der Waals surface area (Å²) in [5.41, 5.74) is 2.20. The van der Waals surface area contributed by atoms with E-state index in [9.17, 15) is 13.2 Å². The first-order valence-corrected chi connectivity index (χ1v) is 10.8. The van der Waals surface area contributed by atoms with Crippen LogP contribution >= 0.6 is 11.3 Å². The van der Waals surface area contributed by atoms with Gasteiger partial charge in [0.15, 0.2) is 0 Å². The second kappa shape index (κ2) is 6.73. The van der Waals surface area contributed by atoms with Crippen molar-refractivity contribution >= 4 is 42.3 Å². The predicted molar refractivity (Wildman–Crippen MR) is 113 cm³/mol. The molecule has 144 valence electrons. The molecule has 0 aliphatic carbocycles. The summed E-state index contributed by atoms with van der Waals surface area (Å²) in [6, 6.07) is 12.2. The molecule has 8 heteroatoms. The fourth-order valence-electron chi connectivity index (χ4n) is 3.29. The molecule has 0 atom stereocenters. The number of methoxy groups -OCH3 is 1. The van der Waals surface area contributed by atoms with Gasteiger partial charge in [-0.1, -0.05) is 12.1 Å². The molecule has 0 aliphatic heterocycles. The van der Waals surface area contributed by atoms with Crippen molar-refractivity contribution in [3.8, 4) is 16.9 Å². The monoisotopic (exact) mass is 414 g/mol. The van der Waals surface area contributed by atoms with Gasteiger partial charge in [0.1, 0.15) is 10.4 Å². The van der Waals surface area contributed by atoms with Gasteiger partial charge in [0.2, 0.25) is 10.0 Å². The number of aromatic nitrogens is 1. The number of H-pyrrole nitrogens is 1. The molecule has 2 aromatic heterocycles. The smallest absolute Gasteiger partial charge is 0.266 e. The molecule has 0 amide bonds. The molecule has 4 aromatic rings. The molecule has 0 spiro atoms. The Bertz CT molecular complexity index is 1350. The Morgan fingerprint density at radius 3 is 2.39 bits per heavy atom. The largest absolute Gasteiger partial charge is 0.496 e. The van der Waals surface area contributed by atoms with E-state index in [1.54, 1.807) is 37.4 Å². The van der Waals surface area contributed by atoms with E-state index >= 15 is 0 Å². The van der Waals surface area contributed by atoms with Crippen LogP contribution in [-0.2, 0) is 10.0 Å². The summed E-state index contributed by atoms with van der Waals surface area (Å²) in [6.45, 7) is 0. The maximum Gasteiger partial charge on any atom is 0.266 e. The number of nitrogens with zero attached hydrogens (tertiary/aromatic N) is 1. The summed E-state index contributed by atoms with van der Waals surface area (Å²) >= 11 is 1.39. The molecule has 0 bridgehead atoms. The van der Waals surface area contributed by atoms with Crippen molar-refractivity contribution in [3.05, 3.63) is 58.2 Å². The SMILES string of the molecule is COc1ccc2[nH]c(=O)c3sccc3c2c1-c1ccc(S(=O)(=O)N(C)C)cc1. The standard InChI is InChI=1S/C20H18N2O4S2/c1-22(2)28(24,25)13-6-4-12(5-7-13)17-16(26-3)9-8-15-18(17)14-10-11-27-19(14)20(23)21-15/h4-11H,1-3H3,(H,21,23). The zero-order valence-corrected chi connectivity index (χ0v) is 17.1. The summed E-state index contributed by atoms with van der Waals surface area (Å²) < 4.78 is 32.1. The Balaban J connectivity index is 2.03. The molecule has 6 nitrogen and oxygen atoms in total. The van der Waals surface area contributed by atoms with Gasteiger partial charge in [-0.3, -0.25) is 4.79 Å². The lowest BCUT2D eigenvalue weighted by Crippen LogP contribution is -2.22. The quantitative estimate of drug-likeness (QED) is 0.553. The minimum atomic E-state index is -3.51. The molecule has 0 unspecified atom stereocenters. The van der Waals surface area contributed by atoms with Crippen molar-refractivity contribution in [1.29, 1.82) is 0 Å². The zero-order valence-electron chi connectivity index (χ0n) is 15.5. The number of nitrogens with one attached hydrogen (secondary N) is 1. The van der Waals surface area contributed by atoms with Gasteiger partial charge in [0.25, 0.3) is 5.56 Å². The molecule has 0 saturated heterocycles. The summed E-state index contributed by atoms with van der Waals surface area (Å²) in [4.78, 5) is 15.5. The van der Waals surface area contributed by atoms with Crippen molar-refractivity contribution in [1.82, 2.24) is 9.29 Å². The second-order valence-corrected chi connectivity index (χ2v) is 9.56. The molecular formula is C20H18N2O4S2. The van der Waals surface area contributed by atoms with Crippen molar-refractivity contribution in [3.63, 3.8) is 0 Å². The normalized spacial score (nSPS) is 12.1. The van der Waals surface area contributed by atoms with Crippen LogP contribution in [0.25, 0.3) is 32.1 Å². The predicted octanol–water partition coefficient (Wildman–Crippen LogP) is 3.67. The molecule has 0 saturated carbocycles. The molecule has 2 heterocycles. The number of fused-ring (bicyclic) bond motifs is 3. The van der Waals surface area contributed by atoms with Gasteiger partial charge in [0.05, 0.1) is 12.0 Å². The number of thiophene rings is 1. The van der Waals surface area contributed by atoms with Crippen LogP contribution in [0.5, 0.6) is 5.75 Å². The number of ether oxygens (including phenoxy) is 1. The third kappa shape index (κ3) is 2.81. The number of benzene rings is 2. The topological polar surface area (TPSA) is 79.5 Å². The maximum absolute atomic E-state index is 12.4. The summed E-state index contributed by atoms with van der Waals surface area (Å²) in [5, 5.41) is 3.61. The van der Waals surface area contributed by atoms with Crippen molar-refractivity contribution in [2.75, 3.05) is 21.2 Å². The maximum atomic E-state index is 12.4. The molecule has 1 N–H and O–H groups in total. The third-order valence-electron chi connectivity index (χ3n) is 4.70. The van der Waals surface area contributed by atoms with Gasteiger partial charge in [-0.2, -0.15) is 0 Å². The van der Waals surface area contributed by atoms with Gasteiger partial charge in [-0.05, 0) is 41.3 Å². The highest BCUT2D eigenvalue weighted by atomic mass is 32.2. The van der Waals surface area contributed by atoms with Crippen LogP contribution in [-0.4, -0.2) is 38.9 Å². The molecule has 4 rings (SSSR count). The van der Waals surface area contributed by atoms with Crippen LogP contribution in [0.3, 0.4) is 0 Å². The van der Waals surface area contributed by atoms with Crippen molar-refractivity contribution < 1.29 is 13.2 Å². The van der Waals surface area contributed by atoms with Crippen molar-refractivity contribution in [2.45, 2.75) is 4.90 Å². The Morgan fingerprint density at radius 2 is 1.75 bits per heavy atom. The van der Waals surface area contributed by atoms with E-state index in [-0.39, 0.29) is 10.5 Å². The van der Waals surface area contributed by atoms with Crippen molar-refractivity contribution in [2.24, 2.45) is 0 Å². The Morgan fingerprint density at radius 1 is 1.04 bits per heavy atom. The van der Waals surface area contributed by atoms with E-state index in [1.807, 2.05) is 17.5 Å². The van der Waals surface area contributed by atoms with E-state index in [0.717, 1.165) is 21.9 Å². The Kier molecular flexibility index (Phi) is 4.49. The highest BCUT2D eigenvalue weighted by molar-refractivity contribution is 7.89. The number of hydrogen-bond donors (Lipinski definition) is 1. The number of sulfonamides is 1. The molecular weight excluding hydrogens is 396 g/mol. The molecule has 0 fully saturated rings. The second-order valence-electron chi connectivity index (χ2n) is 6.49. The minimum Gasteiger partial charge on any atom is -0.496 e. The highest BCUT2D eigenvalue weighted by Gasteiger charge is 2.19. The molecule has 0 aliphatic rings. The van der Waals surface area contributed by atoms with E-state index in [4.69, 9.17) is 4.74 Å². The van der Waals surface area contributed by atoms with Crippen LogP contribution in [0.1, 0.15) is 0 Å². The Hall–Kier alpha value is -2.68. The average Bonchev–Trinajstić information content (AvgIpc) is 3.18. The van der Waals surface area contributed by atoms with Gasteiger partial charge < -0.3 is 9.72 Å². The van der Waals surface area contributed by atoms with E-state index in [2.05, 4.69) is 4.98 Å². The molecule has 28 heavy (non-hydrogen) atoms.